The smallest absolute Gasteiger partial charge is 0.104 e. The second-order valence-corrected chi connectivity index (χ2v) is 10.9. The maximum absolute atomic E-state index is 5.67. The van der Waals surface area contributed by atoms with Crippen molar-refractivity contribution in [1.29, 1.82) is 0 Å². The zero-order valence-corrected chi connectivity index (χ0v) is 23.5. The van der Waals surface area contributed by atoms with E-state index >= 15 is 0 Å². The molecule has 2 heteroatoms. The van der Waals surface area contributed by atoms with Gasteiger partial charge in [-0.15, -0.1) is 0 Å². The van der Waals surface area contributed by atoms with E-state index in [4.69, 9.17) is 9.47 Å². The van der Waals surface area contributed by atoms with Gasteiger partial charge in [-0.1, -0.05) is 117 Å². The summed E-state index contributed by atoms with van der Waals surface area (Å²) in [5, 5.41) is 5.17. The van der Waals surface area contributed by atoms with E-state index in [9.17, 15) is 0 Å². The van der Waals surface area contributed by atoms with E-state index in [-0.39, 0.29) is 0 Å². The molecule has 5 aromatic rings. The van der Waals surface area contributed by atoms with E-state index in [2.05, 4.69) is 111 Å². The number of hydrogen-bond acceptors (Lipinski definition) is 2. The summed E-state index contributed by atoms with van der Waals surface area (Å²) in [6.45, 7) is 8.85. The van der Waals surface area contributed by atoms with Gasteiger partial charge in [0.1, 0.15) is 6.10 Å². The summed E-state index contributed by atoms with van der Waals surface area (Å²) in [5.74, 6) is 0. The Balaban J connectivity index is 1.29. The number of fused-ring (bicyclic) bond motifs is 2. The zero-order valence-electron chi connectivity index (χ0n) is 23.5. The second-order valence-electron chi connectivity index (χ2n) is 10.9. The molecule has 2 nitrogen and oxygen atoms in total. The SMILES string of the molecule is C=C(CC)c1ccc(-c2c3ccccc3c(-c3ccc(CCCCCOCC4CO4)cc3)c3ccccc23)cc1. The minimum atomic E-state index is 0.363. The largest absolute Gasteiger partial charge is 0.379 e. The molecule has 40 heavy (non-hydrogen) atoms. The highest BCUT2D eigenvalue weighted by Gasteiger charge is 2.22. The van der Waals surface area contributed by atoms with E-state index in [0.29, 0.717) is 6.10 Å². The predicted molar refractivity (Wildman–Crippen MR) is 170 cm³/mol. The molecule has 6 rings (SSSR count). The fourth-order valence-electron chi connectivity index (χ4n) is 5.75. The van der Waals surface area contributed by atoms with Gasteiger partial charge >= 0.3 is 0 Å². The van der Waals surface area contributed by atoms with Crippen molar-refractivity contribution in [3.63, 3.8) is 0 Å². The molecule has 0 aliphatic carbocycles. The Hall–Kier alpha value is -3.72. The van der Waals surface area contributed by atoms with Crippen molar-refractivity contribution >= 4 is 27.1 Å². The third-order valence-corrected chi connectivity index (χ3v) is 8.14. The van der Waals surface area contributed by atoms with Crippen molar-refractivity contribution in [3.05, 3.63) is 115 Å². The molecule has 5 aromatic carbocycles. The summed E-state index contributed by atoms with van der Waals surface area (Å²) in [4.78, 5) is 0. The molecule has 1 saturated heterocycles. The lowest BCUT2D eigenvalue weighted by molar-refractivity contribution is 0.113. The third kappa shape index (κ3) is 5.75. The first-order valence-electron chi connectivity index (χ1n) is 14.7. The molecule has 0 bridgehead atoms. The van der Waals surface area contributed by atoms with Gasteiger partial charge in [0, 0.05) is 6.61 Å². The normalized spacial score (nSPS) is 14.6. The quantitative estimate of drug-likeness (QED) is 0.0916. The molecule has 1 fully saturated rings. The molecule has 0 radical (unpaired) electrons. The van der Waals surface area contributed by atoms with Crippen LogP contribution in [0.2, 0.25) is 0 Å². The molecular weight excluding hydrogens is 488 g/mol. The summed E-state index contributed by atoms with van der Waals surface area (Å²) in [5.41, 5.74) is 8.92. The molecule has 0 amide bonds. The molecule has 1 heterocycles. The average Bonchev–Trinajstić information content (AvgIpc) is 3.84. The fourth-order valence-corrected chi connectivity index (χ4v) is 5.75. The molecular formula is C38H38O2. The number of rotatable bonds is 12. The van der Waals surface area contributed by atoms with Crippen LogP contribution in [0.15, 0.2) is 104 Å². The van der Waals surface area contributed by atoms with Gasteiger partial charge in [-0.05, 0) is 86.2 Å². The third-order valence-electron chi connectivity index (χ3n) is 8.14. The number of epoxide rings is 1. The number of ether oxygens (including phenoxy) is 2. The van der Waals surface area contributed by atoms with E-state index in [1.54, 1.807) is 0 Å². The summed E-state index contributed by atoms with van der Waals surface area (Å²) in [6.07, 6.45) is 5.93. The highest BCUT2D eigenvalue weighted by Crippen LogP contribution is 2.43. The number of benzene rings is 5. The number of unbranched alkanes of at least 4 members (excludes halogenated alkanes) is 2. The van der Waals surface area contributed by atoms with Gasteiger partial charge in [-0.3, -0.25) is 0 Å². The van der Waals surface area contributed by atoms with E-state index in [1.165, 1.54) is 73.3 Å². The Morgan fingerprint density at radius 2 is 1.25 bits per heavy atom. The Morgan fingerprint density at radius 1 is 0.725 bits per heavy atom. The summed E-state index contributed by atoms with van der Waals surface area (Å²) >= 11 is 0. The number of hydrogen-bond donors (Lipinski definition) is 0. The minimum absolute atomic E-state index is 0.363. The van der Waals surface area contributed by atoms with Crippen LogP contribution in [0, 0.1) is 0 Å². The lowest BCUT2D eigenvalue weighted by Gasteiger charge is -2.18. The maximum atomic E-state index is 5.67. The second kappa shape index (κ2) is 12.2. The van der Waals surface area contributed by atoms with Crippen LogP contribution >= 0.6 is 0 Å². The predicted octanol–water partition coefficient (Wildman–Crippen LogP) is 9.88. The topological polar surface area (TPSA) is 21.8 Å². The number of aryl methyl sites for hydroxylation is 1. The van der Waals surface area contributed by atoms with Crippen LogP contribution in [-0.2, 0) is 15.9 Å². The first-order chi connectivity index (χ1) is 19.7. The van der Waals surface area contributed by atoms with Gasteiger partial charge in [0.05, 0.1) is 13.2 Å². The molecule has 0 spiro atoms. The van der Waals surface area contributed by atoms with Crippen molar-refractivity contribution in [2.75, 3.05) is 19.8 Å². The van der Waals surface area contributed by atoms with E-state index in [1.807, 2.05) is 0 Å². The van der Waals surface area contributed by atoms with Gasteiger partial charge in [0.15, 0.2) is 0 Å². The summed E-state index contributed by atoms with van der Waals surface area (Å²) < 4.78 is 10.9. The van der Waals surface area contributed by atoms with E-state index in [0.717, 1.165) is 39.1 Å². The maximum Gasteiger partial charge on any atom is 0.104 e. The first kappa shape index (κ1) is 26.5. The molecule has 1 atom stereocenters. The minimum Gasteiger partial charge on any atom is -0.379 e. The van der Waals surface area contributed by atoms with Crippen LogP contribution in [-0.4, -0.2) is 25.9 Å². The Kier molecular flexibility index (Phi) is 8.09. The van der Waals surface area contributed by atoms with Crippen molar-refractivity contribution in [3.8, 4) is 22.3 Å². The molecule has 1 aliphatic rings. The fraction of sp³-hybridized carbons (Fsp3) is 0.263. The molecule has 0 aromatic heterocycles. The molecule has 0 N–H and O–H groups in total. The van der Waals surface area contributed by atoms with Crippen LogP contribution < -0.4 is 0 Å². The van der Waals surface area contributed by atoms with Crippen molar-refractivity contribution in [1.82, 2.24) is 0 Å². The van der Waals surface area contributed by atoms with Crippen LogP contribution in [0.5, 0.6) is 0 Å². The van der Waals surface area contributed by atoms with Crippen LogP contribution in [0.4, 0.5) is 0 Å². The van der Waals surface area contributed by atoms with Crippen molar-refractivity contribution in [2.45, 2.75) is 45.1 Å². The van der Waals surface area contributed by atoms with E-state index < -0.39 is 0 Å². The van der Waals surface area contributed by atoms with Gasteiger partial charge in [0.2, 0.25) is 0 Å². The molecule has 0 saturated carbocycles. The summed E-state index contributed by atoms with van der Waals surface area (Å²) in [6, 6.07) is 35.9. The van der Waals surface area contributed by atoms with Crippen molar-refractivity contribution < 1.29 is 9.47 Å². The highest BCUT2D eigenvalue weighted by molar-refractivity contribution is 6.21. The molecule has 202 valence electrons. The van der Waals surface area contributed by atoms with Gasteiger partial charge in [-0.25, -0.2) is 0 Å². The van der Waals surface area contributed by atoms with Gasteiger partial charge < -0.3 is 9.47 Å². The standard InChI is InChI=1S/C38H38O2/c1-3-27(2)29-20-22-31(23-21-29)38-35-14-8-6-12-33(35)37(34-13-7-9-15-36(34)38)30-18-16-28(17-19-30)11-5-4-10-24-39-25-32-26-40-32/h6-9,12-23,32H,2-5,10-11,24-26H2,1H3. The molecule has 1 aliphatic heterocycles. The van der Waals surface area contributed by atoms with Crippen LogP contribution in [0.25, 0.3) is 49.4 Å². The first-order valence-corrected chi connectivity index (χ1v) is 14.7. The van der Waals surface area contributed by atoms with Gasteiger partial charge in [0.25, 0.3) is 0 Å². The highest BCUT2D eigenvalue weighted by atomic mass is 16.6. The van der Waals surface area contributed by atoms with Crippen molar-refractivity contribution in [2.24, 2.45) is 0 Å². The summed E-state index contributed by atoms with van der Waals surface area (Å²) in [7, 11) is 0. The Labute approximate surface area is 238 Å². The zero-order chi connectivity index (χ0) is 27.3. The number of allylic oxidation sites excluding steroid dienone is 1. The molecule has 1 unspecified atom stereocenters. The lowest BCUT2D eigenvalue weighted by atomic mass is 9.85. The Morgan fingerprint density at radius 3 is 1.75 bits per heavy atom. The average molecular weight is 527 g/mol. The Bertz CT molecular complexity index is 1550. The lowest BCUT2D eigenvalue weighted by Crippen LogP contribution is -2.02. The van der Waals surface area contributed by atoms with Gasteiger partial charge in [-0.2, -0.15) is 0 Å². The van der Waals surface area contributed by atoms with Crippen LogP contribution in [0.1, 0.15) is 43.7 Å². The van der Waals surface area contributed by atoms with Crippen LogP contribution in [0.3, 0.4) is 0 Å². The monoisotopic (exact) mass is 526 g/mol.